The van der Waals surface area contributed by atoms with E-state index in [1.807, 2.05) is 12.1 Å². The minimum Gasteiger partial charge on any atom is -0.497 e. The van der Waals surface area contributed by atoms with Gasteiger partial charge in [0.1, 0.15) is 18.0 Å². The lowest BCUT2D eigenvalue weighted by Crippen LogP contribution is -2.37. The second kappa shape index (κ2) is 9.36. The summed E-state index contributed by atoms with van der Waals surface area (Å²) in [7, 11) is -0.529. The first-order valence-corrected chi connectivity index (χ1v) is 12.0. The van der Waals surface area contributed by atoms with Crippen LogP contribution < -0.4 is 19.1 Å². The molecule has 0 saturated carbocycles. The molecule has 0 fully saturated rings. The molecule has 0 unspecified atom stereocenters. The topological polar surface area (TPSA) is 97.8 Å². The van der Waals surface area contributed by atoms with Crippen molar-refractivity contribution in [2.24, 2.45) is 0 Å². The van der Waals surface area contributed by atoms with Crippen molar-refractivity contribution in [3.8, 4) is 22.8 Å². The van der Waals surface area contributed by atoms with E-state index in [-0.39, 0.29) is 6.54 Å². The van der Waals surface area contributed by atoms with Gasteiger partial charge in [0, 0.05) is 17.0 Å². The van der Waals surface area contributed by atoms with E-state index in [0.717, 1.165) is 21.7 Å². The molecule has 3 rings (SSSR count). The van der Waals surface area contributed by atoms with Crippen molar-refractivity contribution in [1.82, 2.24) is 4.98 Å². The number of nitrogens with one attached hydrogen (secondary N) is 1. The molecule has 0 saturated heterocycles. The number of para-hydroxylation sites is 1. The van der Waals surface area contributed by atoms with Gasteiger partial charge in [0.05, 0.1) is 31.9 Å². The van der Waals surface area contributed by atoms with Crippen LogP contribution in [0, 0.1) is 6.92 Å². The van der Waals surface area contributed by atoms with Crippen LogP contribution in [-0.4, -0.2) is 46.3 Å². The first-order chi connectivity index (χ1) is 14.7. The molecule has 164 valence electrons. The Hall–Kier alpha value is -3.11. The third-order valence-electron chi connectivity index (χ3n) is 4.51. The molecule has 1 amide bonds. The van der Waals surface area contributed by atoms with Gasteiger partial charge >= 0.3 is 0 Å². The Kier molecular flexibility index (Phi) is 6.81. The highest BCUT2D eigenvalue weighted by atomic mass is 32.2. The summed E-state index contributed by atoms with van der Waals surface area (Å²) in [6.07, 6.45) is 1.07. The van der Waals surface area contributed by atoms with Crippen LogP contribution >= 0.6 is 11.3 Å². The van der Waals surface area contributed by atoms with E-state index < -0.39 is 15.9 Å². The molecule has 0 aliphatic carbocycles. The van der Waals surface area contributed by atoms with Gasteiger partial charge in [0.2, 0.25) is 15.9 Å². The summed E-state index contributed by atoms with van der Waals surface area (Å²) >= 11 is 1.24. The zero-order valence-electron chi connectivity index (χ0n) is 17.6. The van der Waals surface area contributed by atoms with Crippen LogP contribution in [0.2, 0.25) is 0 Å². The summed E-state index contributed by atoms with van der Waals surface area (Å²) in [5.74, 6) is 0.753. The molecule has 1 N–H and O–H groups in total. The summed E-state index contributed by atoms with van der Waals surface area (Å²) in [4.78, 5) is 17.1. The van der Waals surface area contributed by atoms with Gasteiger partial charge < -0.3 is 14.8 Å². The van der Waals surface area contributed by atoms with Crippen LogP contribution in [0.4, 0.5) is 10.8 Å². The molecule has 1 aromatic heterocycles. The minimum atomic E-state index is -3.65. The fourth-order valence-electron chi connectivity index (χ4n) is 2.98. The molecular weight excluding hydrogens is 438 g/mol. The van der Waals surface area contributed by atoms with Gasteiger partial charge in [-0.15, -0.1) is 11.3 Å². The van der Waals surface area contributed by atoms with Crippen LogP contribution in [0.3, 0.4) is 0 Å². The Morgan fingerprint density at radius 2 is 1.90 bits per heavy atom. The molecule has 0 aliphatic rings. The average Bonchev–Trinajstić information content (AvgIpc) is 3.19. The van der Waals surface area contributed by atoms with Crippen molar-refractivity contribution in [2.45, 2.75) is 6.92 Å². The number of anilines is 2. The Labute approximate surface area is 185 Å². The number of hydrogen-bond acceptors (Lipinski definition) is 7. The van der Waals surface area contributed by atoms with Crippen LogP contribution in [0.15, 0.2) is 47.8 Å². The standard InChI is InChI=1S/C21H23N3O5S2/c1-14-7-5-6-8-18(14)24(31(4,26)27)12-20(25)23-21-22-17(13-30-21)16-10-9-15(28-2)11-19(16)29-3/h5-11,13H,12H2,1-4H3,(H,22,23,25). The molecule has 2 aromatic carbocycles. The number of amides is 1. The highest BCUT2D eigenvalue weighted by Crippen LogP contribution is 2.34. The normalized spacial score (nSPS) is 11.1. The minimum absolute atomic E-state index is 0.357. The van der Waals surface area contributed by atoms with Crippen molar-refractivity contribution >= 4 is 38.1 Å². The van der Waals surface area contributed by atoms with Crippen LogP contribution in [0.1, 0.15) is 5.56 Å². The maximum Gasteiger partial charge on any atom is 0.246 e. The summed E-state index contributed by atoms with van der Waals surface area (Å²) in [5, 5.41) is 4.83. The number of carbonyl (C=O) groups excluding carboxylic acids is 1. The van der Waals surface area contributed by atoms with E-state index in [9.17, 15) is 13.2 Å². The fourth-order valence-corrected chi connectivity index (χ4v) is 4.62. The average molecular weight is 462 g/mol. The number of ether oxygens (including phenoxy) is 2. The second-order valence-corrected chi connectivity index (χ2v) is 9.47. The number of sulfonamides is 1. The van der Waals surface area contributed by atoms with Crippen molar-refractivity contribution in [1.29, 1.82) is 0 Å². The first kappa shape index (κ1) is 22.6. The summed E-state index contributed by atoms with van der Waals surface area (Å²) in [5.41, 5.74) is 2.59. The number of methoxy groups -OCH3 is 2. The van der Waals surface area contributed by atoms with E-state index in [0.29, 0.717) is 28.0 Å². The Morgan fingerprint density at radius 3 is 2.55 bits per heavy atom. The van der Waals surface area contributed by atoms with Gasteiger partial charge in [-0.2, -0.15) is 0 Å². The lowest BCUT2D eigenvalue weighted by atomic mass is 10.1. The van der Waals surface area contributed by atoms with E-state index in [2.05, 4.69) is 10.3 Å². The maximum absolute atomic E-state index is 12.6. The quantitative estimate of drug-likeness (QED) is 0.551. The Bertz CT molecular complexity index is 1190. The summed E-state index contributed by atoms with van der Waals surface area (Å²) in [6.45, 7) is 1.44. The number of carbonyl (C=O) groups is 1. The Morgan fingerprint density at radius 1 is 1.16 bits per heavy atom. The number of aryl methyl sites for hydroxylation is 1. The maximum atomic E-state index is 12.6. The van der Waals surface area contributed by atoms with Gasteiger partial charge in [0.25, 0.3) is 0 Å². The SMILES string of the molecule is COc1ccc(-c2csc(NC(=O)CN(c3ccccc3C)S(C)(=O)=O)n2)c(OC)c1. The molecule has 3 aromatic rings. The largest absolute Gasteiger partial charge is 0.497 e. The van der Waals surface area contributed by atoms with Crippen LogP contribution in [0.5, 0.6) is 11.5 Å². The molecule has 31 heavy (non-hydrogen) atoms. The molecule has 0 spiro atoms. The van der Waals surface area contributed by atoms with Gasteiger partial charge in [0.15, 0.2) is 5.13 Å². The molecular formula is C21H23N3O5S2. The lowest BCUT2D eigenvalue weighted by molar-refractivity contribution is -0.114. The second-order valence-electron chi connectivity index (χ2n) is 6.71. The smallest absolute Gasteiger partial charge is 0.246 e. The molecule has 8 nitrogen and oxygen atoms in total. The van der Waals surface area contributed by atoms with E-state index in [1.165, 1.54) is 11.3 Å². The number of thiazole rings is 1. The fraction of sp³-hybridized carbons (Fsp3) is 0.238. The molecule has 10 heteroatoms. The molecule has 1 heterocycles. The number of aromatic nitrogens is 1. The van der Waals surface area contributed by atoms with Crippen LogP contribution in [0.25, 0.3) is 11.3 Å². The number of rotatable bonds is 8. The van der Waals surface area contributed by atoms with Crippen molar-refractivity contribution < 1.29 is 22.7 Å². The first-order valence-electron chi connectivity index (χ1n) is 9.24. The third kappa shape index (κ3) is 5.33. The summed E-state index contributed by atoms with van der Waals surface area (Å²) in [6, 6.07) is 12.4. The number of hydrogen-bond donors (Lipinski definition) is 1. The zero-order chi connectivity index (χ0) is 22.6. The molecule has 0 radical (unpaired) electrons. The van der Waals surface area contributed by atoms with Crippen LogP contribution in [-0.2, 0) is 14.8 Å². The van der Waals surface area contributed by atoms with E-state index >= 15 is 0 Å². The van der Waals surface area contributed by atoms with Gasteiger partial charge in [-0.3, -0.25) is 9.10 Å². The van der Waals surface area contributed by atoms with Crippen molar-refractivity contribution in [3.05, 3.63) is 53.4 Å². The number of nitrogens with zero attached hydrogens (tertiary/aromatic N) is 2. The van der Waals surface area contributed by atoms with Crippen molar-refractivity contribution in [2.75, 3.05) is 36.6 Å². The van der Waals surface area contributed by atoms with Crippen molar-refractivity contribution in [3.63, 3.8) is 0 Å². The van der Waals surface area contributed by atoms with E-state index in [4.69, 9.17) is 9.47 Å². The highest BCUT2D eigenvalue weighted by molar-refractivity contribution is 7.92. The van der Waals surface area contributed by atoms with Gasteiger partial charge in [-0.25, -0.2) is 13.4 Å². The molecule has 0 bridgehead atoms. The molecule has 0 atom stereocenters. The predicted molar refractivity (Wildman–Crippen MR) is 123 cm³/mol. The molecule has 0 aliphatic heterocycles. The monoisotopic (exact) mass is 461 g/mol. The Balaban J connectivity index is 1.79. The van der Waals surface area contributed by atoms with Gasteiger partial charge in [-0.05, 0) is 30.7 Å². The van der Waals surface area contributed by atoms with Gasteiger partial charge in [-0.1, -0.05) is 18.2 Å². The number of benzene rings is 2. The predicted octanol–water partition coefficient (Wildman–Crippen LogP) is 3.54. The zero-order valence-corrected chi connectivity index (χ0v) is 19.2. The van der Waals surface area contributed by atoms with E-state index in [1.54, 1.807) is 56.9 Å². The summed E-state index contributed by atoms with van der Waals surface area (Å²) < 4.78 is 36.3. The highest BCUT2D eigenvalue weighted by Gasteiger charge is 2.23. The lowest BCUT2D eigenvalue weighted by Gasteiger charge is -2.23. The third-order valence-corrected chi connectivity index (χ3v) is 6.39.